The Kier molecular flexibility index (Phi) is 5.93. The van der Waals surface area contributed by atoms with Crippen molar-refractivity contribution in [2.45, 2.75) is 6.04 Å². The summed E-state index contributed by atoms with van der Waals surface area (Å²) in [5.74, 6) is -2.03. The van der Waals surface area contributed by atoms with Crippen LogP contribution in [-0.2, 0) is 9.59 Å². The lowest BCUT2D eigenvalue weighted by atomic mass is 9.95. The molecule has 0 aliphatic carbocycles. The molecule has 1 atom stereocenters. The number of aromatic hydroxyl groups is 1. The van der Waals surface area contributed by atoms with E-state index in [4.69, 9.17) is 21.1 Å². The number of aromatic nitrogens is 1. The summed E-state index contributed by atoms with van der Waals surface area (Å²) in [7, 11) is 2.82. The number of anilines is 1. The molecule has 1 aliphatic rings. The molecule has 8 nitrogen and oxygen atoms in total. The van der Waals surface area contributed by atoms with Crippen LogP contribution in [-0.4, -0.2) is 41.1 Å². The lowest BCUT2D eigenvalue weighted by Gasteiger charge is -2.25. The molecular formula is C24H19ClN2O6. The second-order valence-electron chi connectivity index (χ2n) is 7.13. The summed E-state index contributed by atoms with van der Waals surface area (Å²) in [6.45, 7) is 0. The van der Waals surface area contributed by atoms with Gasteiger partial charge in [0.15, 0.2) is 0 Å². The number of phenolic OH excluding ortho intramolecular Hbond substituents is 1. The van der Waals surface area contributed by atoms with E-state index in [2.05, 4.69) is 4.98 Å². The molecule has 0 spiro atoms. The average Bonchev–Trinajstić information content (AvgIpc) is 3.09. The number of ketones is 1. The Morgan fingerprint density at radius 2 is 1.79 bits per heavy atom. The van der Waals surface area contributed by atoms with E-state index in [-0.39, 0.29) is 33.3 Å². The smallest absolute Gasteiger partial charge is 0.300 e. The lowest BCUT2D eigenvalue weighted by molar-refractivity contribution is -0.132. The molecule has 168 valence electrons. The van der Waals surface area contributed by atoms with E-state index in [1.54, 1.807) is 30.5 Å². The molecule has 9 heteroatoms. The van der Waals surface area contributed by atoms with Crippen LogP contribution >= 0.6 is 11.6 Å². The summed E-state index contributed by atoms with van der Waals surface area (Å²) < 4.78 is 10.6. The Morgan fingerprint density at radius 1 is 1.06 bits per heavy atom. The van der Waals surface area contributed by atoms with Crippen LogP contribution in [0.5, 0.6) is 17.2 Å². The van der Waals surface area contributed by atoms with Crippen LogP contribution in [0.4, 0.5) is 5.69 Å². The largest absolute Gasteiger partial charge is 0.507 e. The predicted octanol–water partition coefficient (Wildman–Crippen LogP) is 4.08. The Balaban J connectivity index is 2.00. The second-order valence-corrected chi connectivity index (χ2v) is 7.54. The van der Waals surface area contributed by atoms with Gasteiger partial charge in [0.05, 0.1) is 42.1 Å². The molecule has 1 saturated heterocycles. The Hall–Kier alpha value is -4.04. The number of hydrogen-bond donors (Lipinski definition) is 2. The normalized spacial score (nSPS) is 17.3. The standard InChI is InChI=1S/C24H19ClN2O6/c1-32-18-11-19(33-2)15(25)10-14(18)22(29)20-21(13-6-5-9-26-12-13)27(24(31)23(20)30)16-7-3-4-8-17(16)28/h3-12,21,28-29H,1-2H3/b22-20+. The van der Waals surface area contributed by atoms with Gasteiger partial charge in [-0.3, -0.25) is 19.5 Å². The number of aliphatic hydroxyl groups is 1. The number of phenols is 1. The average molecular weight is 467 g/mol. The fourth-order valence-electron chi connectivity index (χ4n) is 3.79. The van der Waals surface area contributed by atoms with E-state index in [1.807, 2.05) is 0 Å². The van der Waals surface area contributed by atoms with E-state index in [1.165, 1.54) is 44.7 Å². The first-order valence-corrected chi connectivity index (χ1v) is 10.2. The molecular weight excluding hydrogens is 448 g/mol. The number of Topliss-reactive ketones (excluding diaryl/α,β-unsaturated/α-hetero) is 1. The zero-order valence-corrected chi connectivity index (χ0v) is 18.4. The van der Waals surface area contributed by atoms with Crippen molar-refractivity contribution in [2.75, 3.05) is 19.1 Å². The number of halogens is 1. The molecule has 1 unspecified atom stereocenters. The summed E-state index contributed by atoms with van der Waals surface area (Å²) in [4.78, 5) is 31.6. The van der Waals surface area contributed by atoms with Crippen molar-refractivity contribution in [1.82, 2.24) is 4.98 Å². The summed E-state index contributed by atoms with van der Waals surface area (Å²) >= 11 is 6.25. The third kappa shape index (κ3) is 3.74. The number of carbonyl (C=O) groups is 2. The summed E-state index contributed by atoms with van der Waals surface area (Å²) in [6, 6.07) is 11.2. The molecule has 2 N–H and O–H groups in total. The minimum atomic E-state index is -1.06. The van der Waals surface area contributed by atoms with Gasteiger partial charge in [-0.2, -0.15) is 0 Å². The van der Waals surface area contributed by atoms with Gasteiger partial charge in [-0.15, -0.1) is 0 Å². The first kappa shape index (κ1) is 22.2. The number of nitrogens with zero attached hydrogens (tertiary/aromatic N) is 2. The number of benzene rings is 2. The quantitative estimate of drug-likeness (QED) is 0.331. The maximum atomic E-state index is 13.2. The van der Waals surface area contributed by atoms with Crippen LogP contribution in [0.1, 0.15) is 17.2 Å². The topological polar surface area (TPSA) is 109 Å². The lowest BCUT2D eigenvalue weighted by Crippen LogP contribution is -2.29. The molecule has 1 aromatic heterocycles. The molecule has 0 radical (unpaired) electrons. The number of rotatable bonds is 5. The van der Waals surface area contributed by atoms with Gasteiger partial charge < -0.3 is 19.7 Å². The zero-order valence-electron chi connectivity index (χ0n) is 17.7. The highest BCUT2D eigenvalue weighted by molar-refractivity contribution is 6.52. The van der Waals surface area contributed by atoms with E-state index in [0.717, 1.165) is 4.90 Å². The molecule has 2 aromatic carbocycles. The number of methoxy groups -OCH3 is 2. The summed E-state index contributed by atoms with van der Waals surface area (Å²) in [5, 5.41) is 21.9. The Labute approximate surface area is 194 Å². The minimum Gasteiger partial charge on any atom is -0.507 e. The number of ether oxygens (including phenoxy) is 2. The predicted molar refractivity (Wildman–Crippen MR) is 122 cm³/mol. The molecule has 4 rings (SSSR count). The monoisotopic (exact) mass is 466 g/mol. The maximum Gasteiger partial charge on any atom is 0.300 e. The van der Waals surface area contributed by atoms with Crippen molar-refractivity contribution in [3.8, 4) is 17.2 Å². The molecule has 1 amide bonds. The number of carbonyl (C=O) groups excluding carboxylic acids is 2. The van der Waals surface area contributed by atoms with Gasteiger partial charge >= 0.3 is 0 Å². The van der Waals surface area contributed by atoms with Crippen molar-refractivity contribution in [3.63, 3.8) is 0 Å². The van der Waals surface area contributed by atoms with Gasteiger partial charge in [0.2, 0.25) is 0 Å². The highest BCUT2D eigenvalue weighted by Crippen LogP contribution is 2.46. The van der Waals surface area contributed by atoms with Gasteiger partial charge in [-0.05, 0) is 29.8 Å². The molecule has 2 heterocycles. The van der Waals surface area contributed by atoms with Crippen LogP contribution in [0.15, 0.2) is 66.5 Å². The number of para-hydroxylation sites is 2. The van der Waals surface area contributed by atoms with Crippen LogP contribution in [0.3, 0.4) is 0 Å². The fraction of sp³-hybridized carbons (Fsp3) is 0.125. The van der Waals surface area contributed by atoms with Crippen LogP contribution in [0.2, 0.25) is 5.02 Å². The van der Waals surface area contributed by atoms with Crippen molar-refractivity contribution >= 4 is 34.7 Å². The maximum absolute atomic E-state index is 13.2. The van der Waals surface area contributed by atoms with Crippen LogP contribution in [0.25, 0.3) is 5.76 Å². The Morgan fingerprint density at radius 3 is 2.42 bits per heavy atom. The summed E-state index contributed by atoms with van der Waals surface area (Å²) in [5.41, 5.74) is 0.482. The fourth-order valence-corrected chi connectivity index (χ4v) is 4.03. The summed E-state index contributed by atoms with van der Waals surface area (Å²) in [6.07, 6.45) is 3.02. The van der Waals surface area contributed by atoms with Crippen molar-refractivity contribution in [3.05, 3.63) is 82.6 Å². The first-order valence-electron chi connectivity index (χ1n) is 9.79. The highest BCUT2D eigenvalue weighted by Gasteiger charge is 2.48. The van der Waals surface area contributed by atoms with Crippen molar-refractivity contribution in [2.24, 2.45) is 0 Å². The third-order valence-corrected chi connectivity index (χ3v) is 5.61. The van der Waals surface area contributed by atoms with Crippen molar-refractivity contribution < 1.29 is 29.3 Å². The van der Waals surface area contributed by atoms with E-state index in [0.29, 0.717) is 11.3 Å². The van der Waals surface area contributed by atoms with Gasteiger partial charge in [-0.25, -0.2) is 0 Å². The molecule has 3 aromatic rings. The third-order valence-electron chi connectivity index (χ3n) is 5.31. The molecule has 33 heavy (non-hydrogen) atoms. The van der Waals surface area contributed by atoms with Crippen LogP contribution in [0, 0.1) is 0 Å². The van der Waals surface area contributed by atoms with Gasteiger partial charge in [0.1, 0.15) is 23.0 Å². The number of amides is 1. The Bertz CT molecular complexity index is 1280. The second kappa shape index (κ2) is 8.84. The van der Waals surface area contributed by atoms with Crippen molar-refractivity contribution in [1.29, 1.82) is 0 Å². The zero-order chi connectivity index (χ0) is 23.7. The molecule has 0 saturated carbocycles. The minimum absolute atomic E-state index is 0.104. The van der Waals surface area contributed by atoms with E-state index >= 15 is 0 Å². The van der Waals surface area contributed by atoms with E-state index < -0.39 is 23.5 Å². The van der Waals surface area contributed by atoms with Gasteiger partial charge in [-0.1, -0.05) is 29.8 Å². The number of hydrogen-bond acceptors (Lipinski definition) is 7. The molecule has 1 aliphatic heterocycles. The van der Waals surface area contributed by atoms with Crippen LogP contribution < -0.4 is 14.4 Å². The molecule has 1 fully saturated rings. The number of pyridine rings is 1. The molecule has 0 bridgehead atoms. The van der Waals surface area contributed by atoms with E-state index in [9.17, 15) is 19.8 Å². The van der Waals surface area contributed by atoms with Gasteiger partial charge in [0.25, 0.3) is 11.7 Å². The SMILES string of the molecule is COc1cc(OC)c(/C(O)=C2\C(=O)C(=O)N(c3ccccc3O)C2c2cccnc2)cc1Cl. The number of aliphatic hydroxyl groups excluding tert-OH is 1. The highest BCUT2D eigenvalue weighted by atomic mass is 35.5. The van der Waals surface area contributed by atoms with Gasteiger partial charge in [0, 0.05) is 18.5 Å². The first-order chi connectivity index (χ1) is 15.9.